The second-order valence-electron chi connectivity index (χ2n) is 7.92. The maximum atomic E-state index is 12.8. The summed E-state index contributed by atoms with van der Waals surface area (Å²) in [6.07, 6.45) is 1.83. The molecular formula is C25H23ClN2O3. The van der Waals surface area contributed by atoms with Crippen molar-refractivity contribution in [3.05, 3.63) is 86.5 Å². The number of halogens is 1. The number of allylic oxidation sites excluding steroid dienone is 3. The van der Waals surface area contributed by atoms with Gasteiger partial charge in [0.1, 0.15) is 29.8 Å². The van der Waals surface area contributed by atoms with E-state index in [1.807, 2.05) is 32.0 Å². The first kappa shape index (κ1) is 21.0. The van der Waals surface area contributed by atoms with Gasteiger partial charge < -0.3 is 15.2 Å². The number of hydrogen-bond donors (Lipinski definition) is 1. The van der Waals surface area contributed by atoms with Gasteiger partial charge in [-0.1, -0.05) is 23.7 Å². The van der Waals surface area contributed by atoms with E-state index >= 15 is 0 Å². The lowest BCUT2D eigenvalue weighted by molar-refractivity contribution is -0.116. The normalized spacial score (nSPS) is 18.4. The molecule has 4 rings (SSSR count). The minimum Gasteiger partial charge on any atom is -0.489 e. The van der Waals surface area contributed by atoms with Crippen LogP contribution in [0, 0.1) is 25.2 Å². The Balaban J connectivity index is 1.75. The van der Waals surface area contributed by atoms with Gasteiger partial charge in [0.15, 0.2) is 5.78 Å². The number of carbonyl (C=O) groups is 1. The standard InChI is InChI=1S/C25H23ClN2O3/c1-14-10-15(2)19(11-16(14)13-30-18-8-6-17(26)7-9-18)23-20(12-27)25(28)31-22-5-3-4-21(29)24(22)23/h6-11,23H,3-5,13,28H2,1-2H3/t23-/m0/s1. The van der Waals surface area contributed by atoms with Crippen molar-refractivity contribution in [2.24, 2.45) is 5.73 Å². The highest BCUT2D eigenvalue weighted by molar-refractivity contribution is 6.30. The Labute approximate surface area is 186 Å². The smallest absolute Gasteiger partial charge is 0.205 e. The minimum atomic E-state index is -0.517. The van der Waals surface area contributed by atoms with Crippen molar-refractivity contribution in [2.45, 2.75) is 45.6 Å². The molecule has 2 aromatic carbocycles. The van der Waals surface area contributed by atoms with E-state index in [9.17, 15) is 10.1 Å². The van der Waals surface area contributed by atoms with Crippen molar-refractivity contribution in [3.8, 4) is 11.8 Å². The molecule has 0 bridgehead atoms. The van der Waals surface area contributed by atoms with Crippen molar-refractivity contribution in [1.29, 1.82) is 5.26 Å². The lowest BCUT2D eigenvalue weighted by Gasteiger charge is -2.32. The van der Waals surface area contributed by atoms with Crippen LogP contribution in [0.3, 0.4) is 0 Å². The topological polar surface area (TPSA) is 85.3 Å². The molecule has 2 aromatic rings. The molecule has 1 heterocycles. The first-order chi connectivity index (χ1) is 14.9. The number of carbonyl (C=O) groups excluding carboxylic acids is 1. The number of aryl methyl sites for hydroxylation is 2. The molecule has 158 valence electrons. The van der Waals surface area contributed by atoms with Crippen molar-refractivity contribution in [2.75, 3.05) is 0 Å². The number of rotatable bonds is 4. The third kappa shape index (κ3) is 4.04. The average Bonchev–Trinajstić information content (AvgIpc) is 2.74. The van der Waals surface area contributed by atoms with E-state index in [0.717, 1.165) is 28.7 Å². The van der Waals surface area contributed by atoms with Crippen LogP contribution in [0.1, 0.15) is 47.4 Å². The van der Waals surface area contributed by atoms with E-state index in [1.54, 1.807) is 12.1 Å². The predicted octanol–water partition coefficient (Wildman–Crippen LogP) is 5.35. The lowest BCUT2D eigenvalue weighted by Crippen LogP contribution is -2.28. The Bertz CT molecular complexity index is 1160. The Kier molecular flexibility index (Phi) is 5.75. The third-order valence-corrected chi connectivity index (χ3v) is 6.10. The summed E-state index contributed by atoms with van der Waals surface area (Å²) in [5, 5.41) is 10.5. The molecule has 0 radical (unpaired) electrons. The first-order valence-corrected chi connectivity index (χ1v) is 10.6. The second-order valence-corrected chi connectivity index (χ2v) is 8.35. The molecule has 1 atom stereocenters. The molecule has 1 aliphatic heterocycles. The SMILES string of the molecule is Cc1cc(C)c([C@H]2C(C#N)=C(N)OC3=C2C(=O)CCC3)cc1COc1ccc(Cl)cc1. The zero-order chi connectivity index (χ0) is 22.1. The highest BCUT2D eigenvalue weighted by Gasteiger charge is 2.38. The first-order valence-electron chi connectivity index (χ1n) is 10.2. The highest BCUT2D eigenvalue weighted by atomic mass is 35.5. The van der Waals surface area contributed by atoms with E-state index in [4.69, 9.17) is 26.8 Å². The van der Waals surface area contributed by atoms with E-state index in [-0.39, 0.29) is 17.2 Å². The molecule has 0 unspecified atom stereocenters. The fraction of sp³-hybridized carbons (Fsp3) is 0.280. The largest absolute Gasteiger partial charge is 0.489 e. The van der Waals surface area contributed by atoms with E-state index in [2.05, 4.69) is 12.1 Å². The fourth-order valence-electron chi connectivity index (χ4n) is 4.24. The number of nitrogens with two attached hydrogens (primary N) is 1. The van der Waals surface area contributed by atoms with Crippen molar-refractivity contribution in [3.63, 3.8) is 0 Å². The zero-order valence-electron chi connectivity index (χ0n) is 17.5. The van der Waals surface area contributed by atoms with Crippen LogP contribution >= 0.6 is 11.6 Å². The van der Waals surface area contributed by atoms with E-state index in [1.165, 1.54) is 0 Å². The molecule has 2 aliphatic rings. The summed E-state index contributed by atoms with van der Waals surface area (Å²) in [6, 6.07) is 13.5. The lowest BCUT2D eigenvalue weighted by atomic mass is 9.75. The summed E-state index contributed by atoms with van der Waals surface area (Å²) in [5.41, 5.74) is 10.9. The number of Topliss-reactive ketones (excluding diaryl/α,β-unsaturated/α-hetero) is 1. The molecular weight excluding hydrogens is 412 g/mol. The molecule has 5 nitrogen and oxygen atoms in total. The molecule has 0 spiro atoms. The van der Waals surface area contributed by atoms with Gasteiger partial charge in [-0.05, 0) is 66.8 Å². The van der Waals surface area contributed by atoms with Gasteiger partial charge in [-0.25, -0.2) is 0 Å². The minimum absolute atomic E-state index is 0.0189. The second kappa shape index (κ2) is 8.49. The van der Waals surface area contributed by atoms with E-state index < -0.39 is 5.92 Å². The Hall–Kier alpha value is -3.23. The Morgan fingerprint density at radius 1 is 1.19 bits per heavy atom. The van der Waals surface area contributed by atoms with Gasteiger partial charge in [0, 0.05) is 23.4 Å². The zero-order valence-corrected chi connectivity index (χ0v) is 18.3. The maximum absolute atomic E-state index is 12.8. The van der Waals surface area contributed by atoms with Crippen LogP contribution in [-0.4, -0.2) is 5.78 Å². The quantitative estimate of drug-likeness (QED) is 0.700. The third-order valence-electron chi connectivity index (χ3n) is 5.85. The van der Waals surface area contributed by atoms with Gasteiger partial charge in [0.2, 0.25) is 5.88 Å². The average molecular weight is 435 g/mol. The van der Waals surface area contributed by atoms with Gasteiger partial charge in [0.05, 0.1) is 5.92 Å². The van der Waals surface area contributed by atoms with Gasteiger partial charge >= 0.3 is 0 Å². The van der Waals surface area contributed by atoms with Crippen LogP contribution in [0.4, 0.5) is 0 Å². The molecule has 0 saturated carbocycles. The van der Waals surface area contributed by atoms with Gasteiger partial charge in [-0.3, -0.25) is 4.79 Å². The molecule has 2 N–H and O–H groups in total. The van der Waals surface area contributed by atoms with Gasteiger partial charge in [0.25, 0.3) is 0 Å². The summed E-state index contributed by atoms with van der Waals surface area (Å²) in [7, 11) is 0. The summed E-state index contributed by atoms with van der Waals surface area (Å²) >= 11 is 5.95. The Morgan fingerprint density at radius 2 is 1.94 bits per heavy atom. The molecule has 0 aromatic heterocycles. The van der Waals surface area contributed by atoms with Crippen molar-refractivity contribution >= 4 is 17.4 Å². The highest BCUT2D eigenvalue weighted by Crippen LogP contribution is 2.44. The summed E-state index contributed by atoms with van der Waals surface area (Å²) in [6.45, 7) is 4.36. The predicted molar refractivity (Wildman–Crippen MR) is 118 cm³/mol. The fourth-order valence-corrected chi connectivity index (χ4v) is 4.37. The van der Waals surface area contributed by atoms with Crippen molar-refractivity contribution < 1.29 is 14.3 Å². The van der Waals surface area contributed by atoms with Crippen molar-refractivity contribution in [1.82, 2.24) is 0 Å². The summed E-state index contributed by atoms with van der Waals surface area (Å²) < 4.78 is 11.6. The van der Waals surface area contributed by atoms with Gasteiger partial charge in [-0.2, -0.15) is 5.26 Å². The number of hydrogen-bond acceptors (Lipinski definition) is 5. The monoisotopic (exact) mass is 434 g/mol. The number of nitrogens with zero attached hydrogens (tertiary/aromatic N) is 1. The maximum Gasteiger partial charge on any atom is 0.205 e. The molecule has 0 fully saturated rings. The summed E-state index contributed by atoms with van der Waals surface area (Å²) in [5.74, 6) is 0.893. The number of nitriles is 1. The van der Waals surface area contributed by atoms with Crippen LogP contribution in [0.15, 0.2) is 59.2 Å². The van der Waals surface area contributed by atoms with Crippen LogP contribution in [-0.2, 0) is 16.1 Å². The van der Waals surface area contributed by atoms with Crippen LogP contribution in [0.2, 0.25) is 5.02 Å². The molecule has 1 aliphatic carbocycles. The number of ketones is 1. The van der Waals surface area contributed by atoms with Crippen LogP contribution in [0.5, 0.6) is 5.75 Å². The van der Waals surface area contributed by atoms with Crippen LogP contribution < -0.4 is 10.5 Å². The summed E-state index contributed by atoms with van der Waals surface area (Å²) in [4.78, 5) is 12.8. The molecule has 0 amide bonds. The molecule has 6 heteroatoms. The van der Waals surface area contributed by atoms with E-state index in [0.29, 0.717) is 41.6 Å². The van der Waals surface area contributed by atoms with Gasteiger partial charge in [-0.15, -0.1) is 0 Å². The molecule has 0 saturated heterocycles. The Morgan fingerprint density at radius 3 is 2.65 bits per heavy atom. The molecule has 31 heavy (non-hydrogen) atoms. The van der Waals surface area contributed by atoms with Crippen LogP contribution in [0.25, 0.3) is 0 Å². The number of ether oxygens (including phenoxy) is 2. The number of benzene rings is 2.